The van der Waals surface area contributed by atoms with Gasteiger partial charge in [0, 0.05) is 24.9 Å². The number of amides is 1. The Balaban J connectivity index is 1.60. The highest BCUT2D eigenvalue weighted by atomic mass is 32.2. The van der Waals surface area contributed by atoms with Crippen LogP contribution in [0.4, 0.5) is 10.1 Å². The fraction of sp³-hybridized carbons (Fsp3) is 0.208. The summed E-state index contributed by atoms with van der Waals surface area (Å²) >= 11 is 0. The van der Waals surface area contributed by atoms with Gasteiger partial charge in [-0.1, -0.05) is 6.07 Å². The Morgan fingerprint density at radius 1 is 1.20 bits per heavy atom. The Labute approximate surface area is 200 Å². The van der Waals surface area contributed by atoms with Gasteiger partial charge in [0.2, 0.25) is 5.91 Å². The van der Waals surface area contributed by atoms with E-state index in [1.807, 2.05) is 12.1 Å². The standard InChI is InChI=1S/C24H22FN5O4S/c1-35(32,33)16-7-5-15(6-8-16)34-22-12-19-18(28-24(29-19)17-4-2-3-9-27-17)11-20(22)30-13-14(25)10-21(30)23(26)31/h2-9,11-12,14,21H,10,13H2,1H3,(H2,26,31)(H,28,29)/t14-,21+/m0/s1. The van der Waals surface area contributed by atoms with Crippen LogP contribution in [-0.2, 0) is 14.6 Å². The molecule has 3 heterocycles. The minimum absolute atomic E-state index is 0.0158. The third kappa shape index (κ3) is 4.54. The molecule has 1 aliphatic rings. The van der Waals surface area contributed by atoms with Gasteiger partial charge in [0.05, 0.1) is 28.2 Å². The molecule has 1 amide bonds. The number of alkyl halides is 1. The molecule has 0 radical (unpaired) electrons. The van der Waals surface area contributed by atoms with Crippen molar-refractivity contribution in [2.24, 2.45) is 5.73 Å². The minimum Gasteiger partial charge on any atom is -0.455 e. The number of carbonyl (C=O) groups is 1. The van der Waals surface area contributed by atoms with Gasteiger partial charge in [-0.2, -0.15) is 0 Å². The number of benzene rings is 2. The van der Waals surface area contributed by atoms with Crippen molar-refractivity contribution in [3.05, 3.63) is 60.8 Å². The van der Waals surface area contributed by atoms with Gasteiger partial charge in [-0.25, -0.2) is 17.8 Å². The van der Waals surface area contributed by atoms with Crippen molar-refractivity contribution in [1.82, 2.24) is 15.0 Å². The van der Waals surface area contributed by atoms with Gasteiger partial charge >= 0.3 is 0 Å². The van der Waals surface area contributed by atoms with Gasteiger partial charge in [-0.05, 0) is 42.5 Å². The number of nitrogens with one attached hydrogen (secondary N) is 1. The first kappa shape index (κ1) is 22.8. The van der Waals surface area contributed by atoms with Crippen LogP contribution < -0.4 is 15.4 Å². The molecule has 2 atom stereocenters. The van der Waals surface area contributed by atoms with E-state index in [1.54, 1.807) is 29.3 Å². The number of sulfone groups is 1. The summed E-state index contributed by atoms with van der Waals surface area (Å²) in [5.41, 5.74) is 7.89. The molecule has 0 saturated carbocycles. The van der Waals surface area contributed by atoms with E-state index >= 15 is 0 Å². The number of hydrogen-bond acceptors (Lipinski definition) is 7. The van der Waals surface area contributed by atoms with E-state index in [-0.39, 0.29) is 17.9 Å². The monoisotopic (exact) mass is 495 g/mol. The largest absolute Gasteiger partial charge is 0.455 e. The molecule has 2 aromatic carbocycles. The molecule has 9 nitrogen and oxygen atoms in total. The van der Waals surface area contributed by atoms with Crippen molar-refractivity contribution in [1.29, 1.82) is 0 Å². The molecule has 35 heavy (non-hydrogen) atoms. The predicted molar refractivity (Wildman–Crippen MR) is 129 cm³/mol. The maximum absolute atomic E-state index is 14.3. The lowest BCUT2D eigenvalue weighted by atomic mass is 10.1. The number of nitrogens with zero attached hydrogens (tertiary/aromatic N) is 3. The second kappa shape index (κ2) is 8.66. The Hall–Kier alpha value is -3.99. The van der Waals surface area contributed by atoms with Crippen molar-refractivity contribution < 1.29 is 22.3 Å². The van der Waals surface area contributed by atoms with Crippen LogP contribution in [0.3, 0.4) is 0 Å². The molecule has 1 saturated heterocycles. The number of nitrogens with two attached hydrogens (primary N) is 1. The van der Waals surface area contributed by atoms with Crippen LogP contribution in [0.5, 0.6) is 11.5 Å². The van der Waals surface area contributed by atoms with E-state index in [9.17, 15) is 17.6 Å². The van der Waals surface area contributed by atoms with Crippen LogP contribution >= 0.6 is 0 Å². The zero-order valence-electron chi connectivity index (χ0n) is 18.7. The van der Waals surface area contributed by atoms with E-state index in [4.69, 9.17) is 10.5 Å². The van der Waals surface area contributed by atoms with E-state index < -0.39 is 28.0 Å². The smallest absolute Gasteiger partial charge is 0.240 e. The Morgan fingerprint density at radius 2 is 1.97 bits per heavy atom. The van der Waals surface area contributed by atoms with Gasteiger partial charge in [-0.3, -0.25) is 9.78 Å². The van der Waals surface area contributed by atoms with E-state index in [0.29, 0.717) is 39.7 Å². The maximum atomic E-state index is 14.3. The number of imidazole rings is 1. The molecule has 0 spiro atoms. The summed E-state index contributed by atoms with van der Waals surface area (Å²) in [4.78, 5) is 26.0. The molecule has 11 heteroatoms. The number of H-pyrrole nitrogens is 1. The second-order valence-electron chi connectivity index (χ2n) is 8.39. The number of pyridine rings is 1. The first-order valence-corrected chi connectivity index (χ1v) is 12.7. The van der Waals surface area contributed by atoms with Gasteiger partial charge in [-0.15, -0.1) is 0 Å². The van der Waals surface area contributed by atoms with E-state index in [1.165, 1.54) is 24.3 Å². The fourth-order valence-corrected chi connectivity index (χ4v) is 4.79. The predicted octanol–water partition coefficient (Wildman–Crippen LogP) is 3.22. The number of anilines is 1. The number of aromatic nitrogens is 3. The molecular formula is C24H22FN5O4S. The normalized spacial score (nSPS) is 18.2. The van der Waals surface area contributed by atoms with Gasteiger partial charge in [0.25, 0.3) is 0 Å². The fourth-order valence-electron chi connectivity index (χ4n) is 4.16. The summed E-state index contributed by atoms with van der Waals surface area (Å²) in [5, 5.41) is 0. The number of fused-ring (bicyclic) bond motifs is 1. The molecule has 1 aliphatic heterocycles. The van der Waals surface area contributed by atoms with Gasteiger partial charge in [0.15, 0.2) is 21.4 Å². The number of aromatic amines is 1. The average molecular weight is 496 g/mol. The quantitative estimate of drug-likeness (QED) is 0.420. The van der Waals surface area contributed by atoms with Gasteiger partial charge in [0.1, 0.15) is 23.7 Å². The van der Waals surface area contributed by atoms with Crippen LogP contribution in [0.25, 0.3) is 22.6 Å². The Kier molecular flexibility index (Phi) is 5.64. The van der Waals surface area contributed by atoms with Crippen molar-refractivity contribution in [2.75, 3.05) is 17.7 Å². The highest BCUT2D eigenvalue weighted by Gasteiger charge is 2.37. The summed E-state index contributed by atoms with van der Waals surface area (Å²) in [6.45, 7) is -0.0241. The summed E-state index contributed by atoms with van der Waals surface area (Å²) in [5.74, 6) is 0.596. The van der Waals surface area contributed by atoms with Crippen molar-refractivity contribution >= 4 is 32.5 Å². The lowest BCUT2D eigenvalue weighted by molar-refractivity contribution is -0.119. The first-order valence-electron chi connectivity index (χ1n) is 10.8. The first-order chi connectivity index (χ1) is 16.7. The molecule has 4 aromatic rings. The number of carbonyl (C=O) groups excluding carboxylic acids is 1. The van der Waals surface area contributed by atoms with Crippen molar-refractivity contribution in [3.63, 3.8) is 0 Å². The number of halogens is 1. The number of primary amides is 1. The third-order valence-corrected chi connectivity index (χ3v) is 6.97. The minimum atomic E-state index is -3.37. The second-order valence-corrected chi connectivity index (χ2v) is 10.4. The summed E-state index contributed by atoms with van der Waals surface area (Å²) in [7, 11) is -3.37. The molecule has 180 valence electrons. The molecule has 5 rings (SSSR count). The number of hydrogen-bond donors (Lipinski definition) is 2. The lowest BCUT2D eigenvalue weighted by Crippen LogP contribution is -2.40. The van der Waals surface area contributed by atoms with Crippen LogP contribution in [0.15, 0.2) is 65.7 Å². The highest BCUT2D eigenvalue weighted by Crippen LogP contribution is 2.40. The SMILES string of the molecule is CS(=O)(=O)c1ccc(Oc2cc3nc(-c4ccccn4)[nH]c3cc2N2C[C@@H](F)C[C@@H]2C(N)=O)cc1. The summed E-state index contributed by atoms with van der Waals surface area (Å²) < 4.78 is 44.0. The Bertz CT molecular complexity index is 1510. The number of ether oxygens (including phenoxy) is 1. The third-order valence-electron chi connectivity index (χ3n) is 5.84. The van der Waals surface area contributed by atoms with E-state index in [2.05, 4.69) is 15.0 Å². The number of rotatable bonds is 6. The molecule has 3 N–H and O–H groups in total. The average Bonchev–Trinajstić information content (AvgIpc) is 3.42. The van der Waals surface area contributed by atoms with Crippen LogP contribution in [0.2, 0.25) is 0 Å². The zero-order valence-corrected chi connectivity index (χ0v) is 19.5. The molecule has 0 bridgehead atoms. The van der Waals surface area contributed by atoms with Crippen LogP contribution in [0, 0.1) is 0 Å². The molecule has 0 unspecified atom stereocenters. The lowest BCUT2D eigenvalue weighted by Gasteiger charge is -2.26. The molecule has 0 aliphatic carbocycles. The zero-order chi connectivity index (χ0) is 24.7. The van der Waals surface area contributed by atoms with E-state index in [0.717, 1.165) is 6.26 Å². The molecule has 1 fully saturated rings. The maximum Gasteiger partial charge on any atom is 0.240 e. The van der Waals surface area contributed by atoms with Crippen molar-refractivity contribution in [2.45, 2.75) is 23.5 Å². The Morgan fingerprint density at radius 3 is 2.63 bits per heavy atom. The highest BCUT2D eigenvalue weighted by molar-refractivity contribution is 7.90. The van der Waals surface area contributed by atoms with Gasteiger partial charge < -0.3 is 20.4 Å². The molecule has 2 aromatic heterocycles. The summed E-state index contributed by atoms with van der Waals surface area (Å²) in [6, 6.07) is 14.0. The van der Waals surface area contributed by atoms with Crippen LogP contribution in [0.1, 0.15) is 6.42 Å². The molecular weight excluding hydrogens is 473 g/mol. The topological polar surface area (TPSA) is 131 Å². The summed E-state index contributed by atoms with van der Waals surface area (Å²) in [6.07, 6.45) is 1.54. The van der Waals surface area contributed by atoms with Crippen molar-refractivity contribution in [3.8, 4) is 23.0 Å². The van der Waals surface area contributed by atoms with Crippen LogP contribution in [-0.4, -0.2) is 54.3 Å².